The summed E-state index contributed by atoms with van der Waals surface area (Å²) in [6, 6.07) is 0. The first-order chi connectivity index (χ1) is 7.37. The molecule has 2 heteroatoms. The summed E-state index contributed by atoms with van der Waals surface area (Å²) in [5, 5.41) is 10.4. The molecular weight excluding hydrogens is 200 g/mol. The van der Waals surface area contributed by atoms with Gasteiger partial charge in [0.25, 0.3) is 0 Å². The van der Waals surface area contributed by atoms with Crippen molar-refractivity contribution >= 4 is 0 Å². The van der Waals surface area contributed by atoms with Gasteiger partial charge in [-0.05, 0) is 43.4 Å². The predicted octanol–water partition coefficient (Wildman–Crippen LogP) is 3.38. The van der Waals surface area contributed by atoms with Gasteiger partial charge in [-0.15, -0.1) is 0 Å². The zero-order valence-corrected chi connectivity index (χ0v) is 11.4. The Morgan fingerprint density at radius 2 is 1.81 bits per heavy atom. The van der Waals surface area contributed by atoms with Crippen LogP contribution in [0.5, 0.6) is 0 Å². The van der Waals surface area contributed by atoms with Crippen LogP contribution in [0.2, 0.25) is 0 Å². The summed E-state index contributed by atoms with van der Waals surface area (Å²) in [4.78, 5) is 0. The van der Waals surface area contributed by atoms with Crippen molar-refractivity contribution in [2.45, 2.75) is 65.4 Å². The van der Waals surface area contributed by atoms with Crippen LogP contribution in [0, 0.1) is 11.3 Å². The lowest BCUT2D eigenvalue weighted by molar-refractivity contribution is -0.0834. The molecule has 0 atom stereocenters. The molecule has 0 aromatic rings. The third-order valence-corrected chi connectivity index (χ3v) is 3.86. The fraction of sp³-hybridized carbons (Fsp3) is 1.00. The predicted molar refractivity (Wildman–Crippen MR) is 67.5 cm³/mol. The Balaban J connectivity index is 2.35. The van der Waals surface area contributed by atoms with Gasteiger partial charge in [-0.25, -0.2) is 0 Å². The van der Waals surface area contributed by atoms with E-state index < -0.39 is 5.60 Å². The highest BCUT2D eigenvalue weighted by Crippen LogP contribution is 2.41. The molecular formula is C14H28O2. The molecule has 2 nitrogen and oxygen atoms in total. The minimum Gasteiger partial charge on any atom is -0.387 e. The van der Waals surface area contributed by atoms with Crippen LogP contribution in [0.3, 0.4) is 0 Å². The third-order valence-electron chi connectivity index (χ3n) is 3.86. The summed E-state index contributed by atoms with van der Waals surface area (Å²) in [5.41, 5.74) is -0.164. The van der Waals surface area contributed by atoms with Gasteiger partial charge < -0.3 is 9.84 Å². The van der Waals surface area contributed by atoms with E-state index in [0.717, 1.165) is 44.6 Å². The molecule has 1 fully saturated rings. The fourth-order valence-corrected chi connectivity index (χ4v) is 2.57. The fourth-order valence-electron chi connectivity index (χ4n) is 2.57. The molecule has 0 saturated heterocycles. The van der Waals surface area contributed by atoms with E-state index >= 15 is 0 Å². The largest absolute Gasteiger partial charge is 0.387 e. The topological polar surface area (TPSA) is 29.5 Å². The van der Waals surface area contributed by atoms with Crippen LogP contribution in [-0.4, -0.2) is 23.9 Å². The van der Waals surface area contributed by atoms with Crippen molar-refractivity contribution in [2.75, 3.05) is 13.2 Å². The van der Waals surface area contributed by atoms with Crippen molar-refractivity contribution in [2.24, 2.45) is 11.3 Å². The molecule has 96 valence electrons. The molecule has 0 unspecified atom stereocenters. The van der Waals surface area contributed by atoms with Crippen molar-refractivity contribution in [3.8, 4) is 0 Å². The Bertz CT molecular complexity index is 197. The molecule has 0 aromatic carbocycles. The van der Waals surface area contributed by atoms with Gasteiger partial charge in [-0.2, -0.15) is 0 Å². The Morgan fingerprint density at radius 1 is 1.25 bits per heavy atom. The number of rotatable bonds is 4. The van der Waals surface area contributed by atoms with Crippen molar-refractivity contribution in [1.29, 1.82) is 0 Å². The Kier molecular flexibility index (Phi) is 4.81. The van der Waals surface area contributed by atoms with Crippen LogP contribution < -0.4 is 0 Å². The highest BCUT2D eigenvalue weighted by atomic mass is 16.5. The van der Waals surface area contributed by atoms with E-state index in [1.165, 1.54) is 0 Å². The smallest absolute Gasteiger partial charge is 0.0880 e. The van der Waals surface area contributed by atoms with Gasteiger partial charge in [-0.1, -0.05) is 27.7 Å². The van der Waals surface area contributed by atoms with E-state index in [2.05, 4.69) is 27.7 Å². The van der Waals surface area contributed by atoms with Crippen LogP contribution in [0.15, 0.2) is 0 Å². The van der Waals surface area contributed by atoms with E-state index in [1.807, 2.05) is 0 Å². The second-order valence-electron chi connectivity index (χ2n) is 6.42. The van der Waals surface area contributed by atoms with Gasteiger partial charge >= 0.3 is 0 Å². The zero-order valence-electron chi connectivity index (χ0n) is 11.4. The summed E-state index contributed by atoms with van der Waals surface area (Å²) in [5.74, 6) is 0.749. The van der Waals surface area contributed by atoms with Crippen LogP contribution in [-0.2, 0) is 4.74 Å². The van der Waals surface area contributed by atoms with E-state index in [9.17, 15) is 5.11 Å². The van der Waals surface area contributed by atoms with Crippen LogP contribution in [0.4, 0.5) is 0 Å². The summed E-state index contributed by atoms with van der Waals surface area (Å²) in [6.45, 7) is 10.3. The quantitative estimate of drug-likeness (QED) is 0.747. The van der Waals surface area contributed by atoms with Crippen LogP contribution in [0.25, 0.3) is 0 Å². The molecule has 16 heavy (non-hydrogen) atoms. The monoisotopic (exact) mass is 228 g/mol. The Hall–Kier alpha value is -0.0800. The van der Waals surface area contributed by atoms with Gasteiger partial charge in [0.15, 0.2) is 0 Å². The van der Waals surface area contributed by atoms with Gasteiger partial charge in [-0.3, -0.25) is 0 Å². The highest BCUT2D eigenvalue weighted by molar-refractivity contribution is 4.89. The SMILES string of the molecule is CCCOCC1(O)CCC(C(C)(C)C)CC1. The average molecular weight is 228 g/mol. The van der Waals surface area contributed by atoms with Gasteiger partial charge in [0.05, 0.1) is 12.2 Å². The summed E-state index contributed by atoms with van der Waals surface area (Å²) in [6.07, 6.45) is 5.10. The Morgan fingerprint density at radius 3 is 2.25 bits per heavy atom. The second-order valence-corrected chi connectivity index (χ2v) is 6.42. The number of ether oxygens (including phenoxy) is 1. The molecule has 0 aromatic heterocycles. The molecule has 0 bridgehead atoms. The van der Waals surface area contributed by atoms with E-state index in [1.54, 1.807) is 0 Å². The van der Waals surface area contributed by atoms with Crippen molar-refractivity contribution in [3.05, 3.63) is 0 Å². The van der Waals surface area contributed by atoms with Crippen molar-refractivity contribution < 1.29 is 9.84 Å². The lowest BCUT2D eigenvalue weighted by atomic mass is 9.68. The lowest BCUT2D eigenvalue weighted by Crippen LogP contribution is -2.41. The number of hydrogen-bond acceptors (Lipinski definition) is 2. The Labute approximate surface area is 100 Å². The van der Waals surface area contributed by atoms with Crippen LogP contribution in [0.1, 0.15) is 59.8 Å². The molecule has 0 heterocycles. The molecule has 0 amide bonds. The molecule has 1 aliphatic rings. The minimum atomic E-state index is -0.545. The maximum Gasteiger partial charge on any atom is 0.0880 e. The summed E-state index contributed by atoms with van der Waals surface area (Å²) >= 11 is 0. The standard InChI is InChI=1S/C14H28O2/c1-5-10-16-11-14(15)8-6-12(7-9-14)13(2,3)4/h12,15H,5-11H2,1-4H3. The first-order valence-electron chi connectivity index (χ1n) is 6.67. The first kappa shape index (κ1) is 14.0. The summed E-state index contributed by atoms with van der Waals surface area (Å²) < 4.78 is 5.50. The average Bonchev–Trinajstić information content (AvgIpc) is 2.17. The first-order valence-corrected chi connectivity index (χ1v) is 6.67. The third kappa shape index (κ3) is 4.06. The van der Waals surface area contributed by atoms with Crippen LogP contribution >= 0.6 is 0 Å². The highest BCUT2D eigenvalue weighted by Gasteiger charge is 2.37. The zero-order chi connectivity index (χ0) is 12.2. The molecule has 0 spiro atoms. The maximum absolute atomic E-state index is 10.4. The maximum atomic E-state index is 10.4. The van der Waals surface area contributed by atoms with Gasteiger partial charge in [0.2, 0.25) is 0 Å². The van der Waals surface area contributed by atoms with E-state index in [-0.39, 0.29) is 0 Å². The van der Waals surface area contributed by atoms with E-state index in [4.69, 9.17) is 4.74 Å². The molecule has 0 aliphatic heterocycles. The molecule has 0 radical (unpaired) electrons. The molecule has 1 N–H and O–H groups in total. The number of aliphatic hydroxyl groups is 1. The second kappa shape index (κ2) is 5.50. The number of hydrogen-bond donors (Lipinski definition) is 1. The molecule has 1 aliphatic carbocycles. The van der Waals surface area contributed by atoms with Crippen molar-refractivity contribution in [3.63, 3.8) is 0 Å². The normalized spacial score (nSPS) is 31.7. The van der Waals surface area contributed by atoms with E-state index in [0.29, 0.717) is 12.0 Å². The lowest BCUT2D eigenvalue weighted by Gasteiger charge is -2.41. The van der Waals surface area contributed by atoms with Gasteiger partial charge in [0, 0.05) is 6.61 Å². The molecule has 1 rings (SSSR count). The molecule has 1 saturated carbocycles. The van der Waals surface area contributed by atoms with Gasteiger partial charge in [0.1, 0.15) is 0 Å². The van der Waals surface area contributed by atoms with Crippen molar-refractivity contribution in [1.82, 2.24) is 0 Å². The minimum absolute atomic E-state index is 0.381. The summed E-state index contributed by atoms with van der Waals surface area (Å²) in [7, 11) is 0.